The van der Waals surface area contributed by atoms with Crippen LogP contribution in [0.4, 0.5) is 14.5 Å². The molecule has 1 saturated carbocycles. The van der Waals surface area contributed by atoms with Crippen LogP contribution < -0.4 is 9.64 Å². The molecule has 2 aromatic heterocycles. The maximum atomic E-state index is 13.4. The van der Waals surface area contributed by atoms with E-state index in [0.29, 0.717) is 25.3 Å². The van der Waals surface area contributed by atoms with Crippen LogP contribution in [0.3, 0.4) is 0 Å². The van der Waals surface area contributed by atoms with E-state index in [-0.39, 0.29) is 19.0 Å². The van der Waals surface area contributed by atoms with Gasteiger partial charge in [-0.05, 0) is 61.2 Å². The second-order valence-corrected chi connectivity index (χ2v) is 11.0. The van der Waals surface area contributed by atoms with Crippen LogP contribution in [0.1, 0.15) is 54.2 Å². The molecule has 1 aliphatic carbocycles. The highest BCUT2D eigenvalue weighted by Gasteiger charge is 2.43. The lowest BCUT2D eigenvalue weighted by molar-refractivity contribution is -0.143. The summed E-state index contributed by atoms with van der Waals surface area (Å²) in [6.45, 7) is 2.27. The van der Waals surface area contributed by atoms with Gasteiger partial charge in [0, 0.05) is 30.4 Å². The van der Waals surface area contributed by atoms with Gasteiger partial charge in [-0.3, -0.25) is 9.78 Å². The highest BCUT2D eigenvalue weighted by atomic mass is 19.3. The molecule has 0 amide bonds. The molecule has 3 heterocycles. The molecule has 6 rings (SSSR count). The number of benzene rings is 2. The van der Waals surface area contributed by atoms with Crippen molar-refractivity contribution in [1.29, 1.82) is 0 Å². The van der Waals surface area contributed by atoms with Gasteiger partial charge in [0.25, 0.3) is 5.92 Å². The monoisotopic (exact) mass is 546 g/mol. The lowest BCUT2D eigenvalue weighted by Gasteiger charge is -2.40. The van der Waals surface area contributed by atoms with E-state index < -0.39 is 17.8 Å². The van der Waals surface area contributed by atoms with Crippen molar-refractivity contribution in [1.82, 2.24) is 14.5 Å². The molecule has 208 valence electrons. The average molecular weight is 547 g/mol. The molecule has 40 heavy (non-hydrogen) atoms. The van der Waals surface area contributed by atoms with Gasteiger partial charge in [-0.25, -0.2) is 13.8 Å². The Balaban J connectivity index is 1.32. The van der Waals surface area contributed by atoms with Crippen molar-refractivity contribution < 1.29 is 23.4 Å². The predicted molar refractivity (Wildman–Crippen MR) is 148 cm³/mol. The van der Waals surface area contributed by atoms with Crippen LogP contribution in [-0.4, -0.2) is 44.6 Å². The third kappa shape index (κ3) is 5.37. The number of fused-ring (bicyclic) bond motifs is 1. The molecule has 2 aromatic carbocycles. The fourth-order valence-corrected chi connectivity index (χ4v) is 5.83. The average Bonchev–Trinajstić information content (AvgIpc) is 3.29. The molecule has 0 unspecified atom stereocenters. The van der Waals surface area contributed by atoms with E-state index in [1.807, 2.05) is 67.7 Å². The zero-order chi connectivity index (χ0) is 27.9. The topological polar surface area (TPSA) is 80.5 Å². The number of aromatic nitrogens is 3. The molecule has 2 atom stereocenters. The first-order valence-electron chi connectivity index (χ1n) is 13.7. The number of rotatable bonds is 8. The summed E-state index contributed by atoms with van der Waals surface area (Å²) < 4.78 is 34.9. The Bertz CT molecular complexity index is 1510. The van der Waals surface area contributed by atoms with Crippen molar-refractivity contribution in [2.24, 2.45) is 5.92 Å². The molecule has 7 nitrogen and oxygen atoms in total. The lowest BCUT2D eigenvalue weighted by Crippen LogP contribution is -2.56. The van der Waals surface area contributed by atoms with Gasteiger partial charge in [0.2, 0.25) is 0 Å². The number of aliphatic carboxylic acids is 1. The van der Waals surface area contributed by atoms with E-state index in [1.165, 1.54) is 0 Å². The van der Waals surface area contributed by atoms with Crippen LogP contribution in [0.5, 0.6) is 5.75 Å². The first-order valence-corrected chi connectivity index (χ1v) is 13.7. The summed E-state index contributed by atoms with van der Waals surface area (Å²) in [7, 11) is 0. The van der Waals surface area contributed by atoms with Gasteiger partial charge in [-0.15, -0.1) is 0 Å². The standard InChI is InChI=1S/C31H32F2N4O3/c1-20-6-9-22(34-15-20)17-40-24-12-13-27-28(14-24)37(29(35-27)25-4-2-3-5-26(25)30(38)39)16-21-7-10-23(11-8-21)36-18-31(32,33)19-36/h6-15,25-26H,2-5,16-19H2,1H3,(H,38,39)/t25-,26+/m0/s1. The molecule has 9 heteroatoms. The van der Waals surface area contributed by atoms with E-state index in [9.17, 15) is 18.7 Å². The van der Waals surface area contributed by atoms with Crippen molar-refractivity contribution in [3.63, 3.8) is 0 Å². The number of pyridine rings is 1. The molecule has 1 aliphatic heterocycles. The van der Waals surface area contributed by atoms with Crippen LogP contribution >= 0.6 is 0 Å². The minimum atomic E-state index is -2.63. The summed E-state index contributed by atoms with van der Waals surface area (Å²) in [5.74, 6) is -2.64. The molecule has 0 radical (unpaired) electrons. The number of alkyl halides is 2. The largest absolute Gasteiger partial charge is 0.487 e. The second kappa shape index (κ2) is 10.5. The number of aryl methyl sites for hydroxylation is 1. The van der Waals surface area contributed by atoms with E-state index in [1.54, 1.807) is 4.90 Å². The van der Waals surface area contributed by atoms with Crippen LogP contribution in [0.2, 0.25) is 0 Å². The Labute approximate surface area is 231 Å². The number of hydrogen-bond donors (Lipinski definition) is 1. The molecule has 2 aliphatic rings. The minimum Gasteiger partial charge on any atom is -0.487 e. The quantitative estimate of drug-likeness (QED) is 0.284. The number of nitrogens with zero attached hydrogens (tertiary/aromatic N) is 4. The summed E-state index contributed by atoms with van der Waals surface area (Å²) in [4.78, 5) is 23.2. The molecular weight excluding hydrogens is 514 g/mol. The van der Waals surface area contributed by atoms with Gasteiger partial charge >= 0.3 is 5.97 Å². The van der Waals surface area contributed by atoms with Crippen molar-refractivity contribution in [2.75, 3.05) is 18.0 Å². The highest BCUT2D eigenvalue weighted by Crippen LogP contribution is 2.40. The van der Waals surface area contributed by atoms with Gasteiger partial charge in [0.05, 0.1) is 35.7 Å². The third-order valence-corrected chi connectivity index (χ3v) is 8.01. The van der Waals surface area contributed by atoms with Gasteiger partial charge in [-0.1, -0.05) is 31.0 Å². The van der Waals surface area contributed by atoms with Gasteiger partial charge in [-0.2, -0.15) is 0 Å². The molecule has 0 bridgehead atoms. The van der Waals surface area contributed by atoms with Crippen molar-refractivity contribution in [2.45, 2.75) is 57.6 Å². The Kier molecular flexibility index (Phi) is 6.90. The van der Waals surface area contributed by atoms with Gasteiger partial charge in [0.15, 0.2) is 0 Å². The normalized spacial score (nSPS) is 20.3. The summed E-state index contributed by atoms with van der Waals surface area (Å²) >= 11 is 0. The first kappa shape index (κ1) is 26.2. The second-order valence-electron chi connectivity index (χ2n) is 11.0. The number of carboxylic acids is 1. The fraction of sp³-hybridized carbons (Fsp3) is 0.387. The maximum Gasteiger partial charge on any atom is 0.307 e. The fourth-order valence-electron chi connectivity index (χ4n) is 5.83. The summed E-state index contributed by atoms with van der Waals surface area (Å²) in [5, 5.41) is 9.99. The predicted octanol–water partition coefficient (Wildman–Crippen LogP) is 6.18. The van der Waals surface area contributed by atoms with E-state index in [2.05, 4.69) is 9.55 Å². The van der Waals surface area contributed by atoms with Crippen LogP contribution in [-0.2, 0) is 17.9 Å². The van der Waals surface area contributed by atoms with E-state index in [0.717, 1.165) is 58.6 Å². The van der Waals surface area contributed by atoms with Gasteiger partial charge < -0.3 is 19.3 Å². The number of imidazole rings is 1. The number of hydrogen-bond acceptors (Lipinski definition) is 5. The van der Waals surface area contributed by atoms with Crippen LogP contribution in [0.25, 0.3) is 11.0 Å². The Morgan fingerprint density at radius 3 is 2.55 bits per heavy atom. The Morgan fingerprint density at radius 2 is 1.85 bits per heavy atom. The lowest BCUT2D eigenvalue weighted by atomic mass is 9.78. The maximum absolute atomic E-state index is 13.4. The molecule has 4 aromatic rings. The van der Waals surface area contributed by atoms with Crippen LogP contribution in [0, 0.1) is 12.8 Å². The molecule has 2 fully saturated rings. The van der Waals surface area contributed by atoms with Crippen molar-refractivity contribution in [3.05, 3.63) is 83.4 Å². The van der Waals surface area contributed by atoms with Gasteiger partial charge in [0.1, 0.15) is 18.2 Å². The van der Waals surface area contributed by atoms with Crippen LogP contribution in [0.15, 0.2) is 60.8 Å². The SMILES string of the molecule is Cc1ccc(COc2ccc3nc([C@H]4CCCC[C@H]4C(=O)O)n(Cc4ccc(N5CC(F)(F)C5)cc4)c3c2)nc1. The molecular formula is C31H32F2N4O3. The first-order chi connectivity index (χ1) is 19.3. The number of halogens is 2. The zero-order valence-corrected chi connectivity index (χ0v) is 22.4. The Hall–Kier alpha value is -4.01. The van der Waals surface area contributed by atoms with Crippen molar-refractivity contribution in [3.8, 4) is 5.75 Å². The molecule has 1 N–H and O–H groups in total. The number of anilines is 1. The smallest absolute Gasteiger partial charge is 0.307 e. The summed E-state index contributed by atoms with van der Waals surface area (Å²) in [5.41, 5.74) is 5.31. The zero-order valence-electron chi connectivity index (χ0n) is 22.4. The Morgan fingerprint density at radius 1 is 1.07 bits per heavy atom. The van der Waals surface area contributed by atoms with E-state index in [4.69, 9.17) is 9.72 Å². The number of carbonyl (C=O) groups is 1. The molecule has 1 saturated heterocycles. The highest BCUT2D eigenvalue weighted by molar-refractivity contribution is 5.79. The van der Waals surface area contributed by atoms with E-state index >= 15 is 0 Å². The van der Waals surface area contributed by atoms with Crippen molar-refractivity contribution >= 4 is 22.7 Å². The third-order valence-electron chi connectivity index (χ3n) is 8.01. The summed E-state index contributed by atoms with van der Waals surface area (Å²) in [6.07, 6.45) is 5.08. The number of carboxylic acid groups (broad SMARTS) is 1. The minimum absolute atomic E-state index is 0.192. The number of ether oxygens (including phenoxy) is 1. The summed E-state index contributed by atoms with van der Waals surface area (Å²) in [6, 6.07) is 17.3. The molecule has 0 spiro atoms.